The predicted molar refractivity (Wildman–Crippen MR) is 101 cm³/mol. The molecule has 26 heavy (non-hydrogen) atoms. The Bertz CT molecular complexity index is 823. The van der Waals surface area contributed by atoms with Gasteiger partial charge in [0.2, 0.25) is 5.91 Å². The van der Waals surface area contributed by atoms with Crippen LogP contribution in [0.4, 0.5) is 0 Å². The Kier molecular flexibility index (Phi) is 7.44. The van der Waals surface area contributed by atoms with E-state index in [0.717, 1.165) is 11.3 Å². The second-order valence-corrected chi connectivity index (χ2v) is 7.18. The lowest BCUT2D eigenvalue weighted by Gasteiger charge is -2.09. The summed E-state index contributed by atoms with van der Waals surface area (Å²) in [6.45, 7) is 1.71. The van der Waals surface area contributed by atoms with E-state index in [-0.39, 0.29) is 24.7 Å². The van der Waals surface area contributed by atoms with E-state index in [1.165, 1.54) is 13.0 Å². The average Bonchev–Trinajstić information content (AvgIpc) is 3.08. The number of hydrazine groups is 1. The third-order valence-corrected chi connectivity index (χ3v) is 4.91. The van der Waals surface area contributed by atoms with E-state index in [1.807, 2.05) is 0 Å². The molecule has 0 spiro atoms. The highest BCUT2D eigenvalue weighted by molar-refractivity contribution is 7.15. The van der Waals surface area contributed by atoms with Crippen LogP contribution in [0.3, 0.4) is 0 Å². The first-order valence-electron chi connectivity index (χ1n) is 7.64. The van der Waals surface area contributed by atoms with Gasteiger partial charge in [0.05, 0.1) is 21.4 Å². The van der Waals surface area contributed by atoms with Gasteiger partial charge in [-0.2, -0.15) is 0 Å². The largest absolute Gasteiger partial charge is 0.492 e. The van der Waals surface area contributed by atoms with Crippen LogP contribution in [-0.2, 0) is 4.79 Å². The molecule has 0 saturated heterocycles. The first-order valence-corrected chi connectivity index (χ1v) is 9.22. The van der Waals surface area contributed by atoms with Gasteiger partial charge in [0.25, 0.3) is 5.91 Å². The van der Waals surface area contributed by atoms with Crippen LogP contribution in [0.25, 0.3) is 0 Å². The number of carbonyl (C=O) groups is 3. The Balaban J connectivity index is 1.68. The lowest BCUT2D eigenvalue weighted by atomic mass is 10.3. The van der Waals surface area contributed by atoms with E-state index < -0.39 is 5.91 Å². The van der Waals surface area contributed by atoms with Crippen molar-refractivity contribution in [2.45, 2.75) is 19.8 Å². The molecular weight excluding hydrogens is 399 g/mol. The highest BCUT2D eigenvalue weighted by Gasteiger charge is 2.12. The number of hydrogen-bond acceptors (Lipinski definition) is 5. The van der Waals surface area contributed by atoms with Crippen LogP contribution in [0.1, 0.15) is 39.1 Å². The summed E-state index contributed by atoms with van der Waals surface area (Å²) in [5, 5.41) is 0.911. The first-order chi connectivity index (χ1) is 12.4. The van der Waals surface area contributed by atoms with E-state index in [4.69, 9.17) is 27.9 Å². The number of ketones is 1. The molecule has 1 heterocycles. The number of ether oxygens (including phenoxy) is 1. The van der Waals surface area contributed by atoms with Crippen molar-refractivity contribution in [2.75, 3.05) is 6.61 Å². The first kappa shape index (κ1) is 20.2. The second-order valence-electron chi connectivity index (χ2n) is 5.25. The molecule has 0 unspecified atom stereocenters. The lowest BCUT2D eigenvalue weighted by Crippen LogP contribution is -2.41. The van der Waals surface area contributed by atoms with Gasteiger partial charge in [-0.05, 0) is 43.7 Å². The fraction of sp³-hybridized carbons (Fsp3) is 0.235. The standard InChI is InChI=1S/C17H16Cl2N2O4S/c1-10(22)14-6-7-15(26-14)17(24)21-20-16(23)3-2-8-25-13-5-4-11(18)9-12(13)19/h4-7,9H,2-3,8H2,1H3,(H,20,23)(H,21,24). The van der Waals surface area contributed by atoms with Crippen molar-refractivity contribution in [3.8, 4) is 5.75 Å². The number of halogens is 2. The number of benzene rings is 1. The highest BCUT2D eigenvalue weighted by atomic mass is 35.5. The molecule has 6 nitrogen and oxygen atoms in total. The summed E-state index contributed by atoms with van der Waals surface area (Å²) in [6, 6.07) is 7.99. The molecule has 0 aliphatic rings. The molecule has 0 bridgehead atoms. The molecule has 2 rings (SSSR count). The second kappa shape index (κ2) is 9.56. The van der Waals surface area contributed by atoms with Crippen molar-refractivity contribution in [3.05, 3.63) is 50.1 Å². The molecule has 1 aromatic carbocycles. The third kappa shape index (κ3) is 6.01. The van der Waals surface area contributed by atoms with Gasteiger partial charge in [0, 0.05) is 11.4 Å². The maximum atomic E-state index is 11.9. The van der Waals surface area contributed by atoms with E-state index in [0.29, 0.717) is 32.0 Å². The Morgan fingerprint density at radius 1 is 1.08 bits per heavy atom. The van der Waals surface area contributed by atoms with Crippen molar-refractivity contribution in [1.29, 1.82) is 0 Å². The zero-order chi connectivity index (χ0) is 19.1. The topological polar surface area (TPSA) is 84.5 Å². The number of nitrogens with one attached hydrogen (secondary N) is 2. The van der Waals surface area contributed by atoms with Gasteiger partial charge < -0.3 is 4.74 Å². The fourth-order valence-corrected chi connectivity index (χ4v) is 3.17. The van der Waals surface area contributed by atoms with Gasteiger partial charge >= 0.3 is 0 Å². The van der Waals surface area contributed by atoms with Gasteiger partial charge in [-0.1, -0.05) is 23.2 Å². The quantitative estimate of drug-likeness (QED) is 0.409. The lowest BCUT2D eigenvalue weighted by molar-refractivity contribution is -0.122. The average molecular weight is 415 g/mol. The molecular formula is C17H16Cl2N2O4S. The van der Waals surface area contributed by atoms with Crippen LogP contribution in [0.5, 0.6) is 5.75 Å². The predicted octanol–water partition coefficient (Wildman–Crippen LogP) is 3.88. The molecule has 0 saturated carbocycles. The Morgan fingerprint density at radius 2 is 1.81 bits per heavy atom. The number of thiophene rings is 1. The Hall–Kier alpha value is -2.09. The Morgan fingerprint density at radius 3 is 2.46 bits per heavy atom. The van der Waals surface area contributed by atoms with E-state index in [2.05, 4.69) is 10.9 Å². The number of carbonyl (C=O) groups excluding carboxylic acids is 3. The maximum Gasteiger partial charge on any atom is 0.279 e. The minimum absolute atomic E-state index is 0.112. The van der Waals surface area contributed by atoms with Crippen LogP contribution >= 0.6 is 34.5 Å². The van der Waals surface area contributed by atoms with Crippen LogP contribution in [0.15, 0.2) is 30.3 Å². The van der Waals surface area contributed by atoms with Crippen LogP contribution in [0, 0.1) is 0 Å². The number of hydrogen-bond donors (Lipinski definition) is 2. The number of amides is 2. The normalized spacial score (nSPS) is 10.3. The summed E-state index contributed by atoms with van der Waals surface area (Å²) >= 11 is 12.8. The molecule has 2 N–H and O–H groups in total. The van der Waals surface area contributed by atoms with E-state index >= 15 is 0 Å². The molecule has 0 atom stereocenters. The highest BCUT2D eigenvalue weighted by Crippen LogP contribution is 2.27. The van der Waals surface area contributed by atoms with Crippen LogP contribution < -0.4 is 15.6 Å². The SMILES string of the molecule is CC(=O)c1ccc(C(=O)NNC(=O)CCCOc2ccc(Cl)cc2Cl)s1. The molecule has 2 amide bonds. The summed E-state index contributed by atoms with van der Waals surface area (Å²) in [4.78, 5) is 35.7. The van der Waals surface area contributed by atoms with Crippen molar-refractivity contribution in [1.82, 2.24) is 10.9 Å². The smallest absolute Gasteiger partial charge is 0.279 e. The minimum Gasteiger partial charge on any atom is -0.492 e. The van der Waals surface area contributed by atoms with Crippen molar-refractivity contribution in [3.63, 3.8) is 0 Å². The summed E-state index contributed by atoms with van der Waals surface area (Å²) in [6.07, 6.45) is 0.600. The zero-order valence-electron chi connectivity index (χ0n) is 13.8. The molecule has 0 radical (unpaired) electrons. The Labute approximate surface area is 164 Å². The summed E-state index contributed by atoms with van der Waals surface area (Å²) in [5.41, 5.74) is 4.63. The summed E-state index contributed by atoms with van der Waals surface area (Å²) < 4.78 is 5.47. The van der Waals surface area contributed by atoms with E-state index in [9.17, 15) is 14.4 Å². The van der Waals surface area contributed by atoms with Gasteiger partial charge in [-0.15, -0.1) is 11.3 Å². The third-order valence-electron chi connectivity index (χ3n) is 3.19. The van der Waals surface area contributed by atoms with Gasteiger partial charge in [-0.25, -0.2) is 0 Å². The number of Topliss-reactive ketones (excluding diaryl/α,β-unsaturated/α-hetero) is 1. The van der Waals surface area contributed by atoms with Crippen molar-refractivity contribution >= 4 is 52.1 Å². The van der Waals surface area contributed by atoms with Gasteiger partial charge in [0.15, 0.2) is 5.78 Å². The van der Waals surface area contributed by atoms with Crippen molar-refractivity contribution in [2.24, 2.45) is 0 Å². The molecule has 1 aromatic heterocycles. The monoisotopic (exact) mass is 414 g/mol. The van der Waals surface area contributed by atoms with Gasteiger partial charge in [-0.3, -0.25) is 25.2 Å². The molecule has 0 aliphatic heterocycles. The van der Waals surface area contributed by atoms with Crippen LogP contribution in [-0.4, -0.2) is 24.2 Å². The maximum absolute atomic E-state index is 11.9. The molecule has 2 aromatic rings. The molecule has 9 heteroatoms. The molecule has 0 fully saturated rings. The van der Waals surface area contributed by atoms with E-state index in [1.54, 1.807) is 24.3 Å². The fourth-order valence-electron chi connectivity index (χ4n) is 1.91. The number of rotatable bonds is 7. The van der Waals surface area contributed by atoms with Gasteiger partial charge in [0.1, 0.15) is 5.75 Å². The molecule has 138 valence electrons. The summed E-state index contributed by atoms with van der Waals surface area (Å²) in [5.74, 6) is -0.449. The van der Waals surface area contributed by atoms with Crippen LogP contribution in [0.2, 0.25) is 10.0 Å². The zero-order valence-corrected chi connectivity index (χ0v) is 16.1. The minimum atomic E-state index is -0.472. The van der Waals surface area contributed by atoms with Crippen molar-refractivity contribution < 1.29 is 19.1 Å². The summed E-state index contributed by atoms with van der Waals surface area (Å²) in [7, 11) is 0. The molecule has 0 aliphatic carbocycles.